The minimum atomic E-state index is -0.120. The van der Waals surface area contributed by atoms with Crippen LogP contribution in [-0.2, 0) is 16.0 Å². The summed E-state index contributed by atoms with van der Waals surface area (Å²) in [6, 6.07) is 11.8. The van der Waals surface area contributed by atoms with Gasteiger partial charge in [0, 0.05) is 12.7 Å². The Bertz CT molecular complexity index is 843. The Labute approximate surface area is 165 Å². The molecule has 3 rings (SSSR count). The number of pyridine rings is 1. The molecule has 0 fully saturated rings. The number of aromatic nitrogens is 1. The molecule has 28 heavy (non-hydrogen) atoms. The molecule has 146 valence electrons. The van der Waals surface area contributed by atoms with Crippen molar-refractivity contribution in [2.24, 2.45) is 0 Å². The van der Waals surface area contributed by atoms with Crippen LogP contribution < -0.4 is 10.1 Å². The van der Waals surface area contributed by atoms with E-state index in [-0.39, 0.29) is 11.9 Å². The third-order valence-corrected chi connectivity index (χ3v) is 4.82. The summed E-state index contributed by atoms with van der Waals surface area (Å²) in [6.45, 7) is 3.61. The summed E-state index contributed by atoms with van der Waals surface area (Å²) in [6.07, 6.45) is 4.81. The molecule has 1 N–H and O–H groups in total. The number of esters is 1. The second kappa shape index (κ2) is 9.75. The number of carbonyl (C=O) groups excluding carboxylic acids is 1. The Morgan fingerprint density at radius 1 is 1.36 bits per heavy atom. The van der Waals surface area contributed by atoms with E-state index < -0.39 is 0 Å². The van der Waals surface area contributed by atoms with Crippen molar-refractivity contribution in [3.63, 3.8) is 0 Å². The van der Waals surface area contributed by atoms with Gasteiger partial charge in [0.2, 0.25) is 0 Å². The first kappa shape index (κ1) is 19.7. The van der Waals surface area contributed by atoms with Crippen LogP contribution in [0.2, 0.25) is 0 Å². The van der Waals surface area contributed by atoms with E-state index >= 15 is 0 Å². The van der Waals surface area contributed by atoms with Gasteiger partial charge in [-0.05, 0) is 67.5 Å². The molecule has 0 amide bonds. The van der Waals surface area contributed by atoms with Crippen molar-refractivity contribution in [3.8, 4) is 11.8 Å². The number of benzene rings is 1. The van der Waals surface area contributed by atoms with Crippen LogP contribution >= 0.6 is 0 Å². The molecular formula is C22H25N3O3. The zero-order chi connectivity index (χ0) is 19.8. The molecule has 1 heterocycles. The molecule has 0 unspecified atom stereocenters. The van der Waals surface area contributed by atoms with Crippen LogP contribution in [-0.4, -0.2) is 30.7 Å². The van der Waals surface area contributed by atoms with Gasteiger partial charge in [-0.1, -0.05) is 6.07 Å². The van der Waals surface area contributed by atoms with E-state index in [1.165, 1.54) is 11.1 Å². The minimum Gasteiger partial charge on any atom is -0.494 e. The lowest BCUT2D eigenvalue weighted by Gasteiger charge is -2.12. The summed E-state index contributed by atoms with van der Waals surface area (Å²) >= 11 is 0. The highest BCUT2D eigenvalue weighted by Crippen LogP contribution is 2.37. The molecule has 6 nitrogen and oxygen atoms in total. The van der Waals surface area contributed by atoms with Gasteiger partial charge in [0.1, 0.15) is 17.6 Å². The van der Waals surface area contributed by atoms with Crippen molar-refractivity contribution in [3.05, 3.63) is 53.2 Å². The molecule has 2 aromatic rings. The number of fused-ring (bicyclic) bond motifs is 1. The molecule has 0 saturated heterocycles. The molecule has 1 aromatic carbocycles. The van der Waals surface area contributed by atoms with Crippen LogP contribution in [0.25, 0.3) is 0 Å². The standard InChI is InChI=1S/C22H25N3O3/c1-2-27-22(26)13-18-6-5-17-12-19(7-8-20(17)18)28-11-3-10-24-21-9-4-16(14-23)15-25-21/h4,7-9,12,15,18H,2-3,5-6,10-11,13H2,1H3,(H,24,25)/t18-/m0/s1. The summed E-state index contributed by atoms with van der Waals surface area (Å²) in [5.74, 6) is 1.76. The van der Waals surface area contributed by atoms with Gasteiger partial charge in [-0.15, -0.1) is 0 Å². The fraction of sp³-hybridized carbons (Fsp3) is 0.409. The smallest absolute Gasteiger partial charge is 0.306 e. The molecule has 0 aliphatic heterocycles. The number of hydrogen-bond acceptors (Lipinski definition) is 6. The predicted molar refractivity (Wildman–Crippen MR) is 106 cm³/mol. The number of hydrogen-bond donors (Lipinski definition) is 1. The molecular weight excluding hydrogens is 354 g/mol. The minimum absolute atomic E-state index is 0.120. The second-order valence-electron chi connectivity index (χ2n) is 6.78. The topological polar surface area (TPSA) is 84.2 Å². The Morgan fingerprint density at radius 2 is 2.25 bits per heavy atom. The van der Waals surface area contributed by atoms with Gasteiger partial charge in [-0.2, -0.15) is 5.26 Å². The highest BCUT2D eigenvalue weighted by molar-refractivity contribution is 5.71. The lowest BCUT2D eigenvalue weighted by molar-refractivity contribution is -0.143. The fourth-order valence-electron chi connectivity index (χ4n) is 3.45. The summed E-state index contributed by atoms with van der Waals surface area (Å²) in [5, 5.41) is 12.0. The fourth-order valence-corrected chi connectivity index (χ4v) is 3.45. The van der Waals surface area contributed by atoms with Crippen molar-refractivity contribution in [2.45, 2.75) is 38.5 Å². The van der Waals surface area contributed by atoms with Crippen molar-refractivity contribution in [1.29, 1.82) is 5.26 Å². The van der Waals surface area contributed by atoms with Gasteiger partial charge in [-0.3, -0.25) is 4.79 Å². The predicted octanol–water partition coefficient (Wildman–Crippen LogP) is 3.82. The highest BCUT2D eigenvalue weighted by atomic mass is 16.5. The first-order valence-corrected chi connectivity index (χ1v) is 9.71. The van der Waals surface area contributed by atoms with Crippen molar-refractivity contribution in [1.82, 2.24) is 4.98 Å². The van der Waals surface area contributed by atoms with Gasteiger partial charge in [-0.25, -0.2) is 4.98 Å². The lowest BCUT2D eigenvalue weighted by atomic mass is 9.98. The van der Waals surface area contributed by atoms with Gasteiger partial charge in [0.15, 0.2) is 0 Å². The lowest BCUT2D eigenvalue weighted by Crippen LogP contribution is -2.09. The summed E-state index contributed by atoms with van der Waals surface area (Å²) in [4.78, 5) is 15.9. The molecule has 1 aliphatic rings. The Morgan fingerprint density at radius 3 is 3.00 bits per heavy atom. The number of carbonyl (C=O) groups is 1. The Balaban J connectivity index is 1.42. The zero-order valence-corrected chi connectivity index (χ0v) is 16.1. The number of nitriles is 1. The number of nitrogens with zero attached hydrogens (tertiary/aromatic N) is 2. The SMILES string of the molecule is CCOC(=O)C[C@@H]1CCc2cc(OCCCNc3ccc(C#N)cn3)ccc21. The van der Waals surface area contributed by atoms with E-state index in [1.54, 1.807) is 18.3 Å². The molecule has 0 spiro atoms. The average molecular weight is 379 g/mol. The van der Waals surface area contributed by atoms with E-state index in [4.69, 9.17) is 14.7 Å². The van der Waals surface area contributed by atoms with Crippen LogP contribution in [0.1, 0.15) is 48.8 Å². The maximum absolute atomic E-state index is 11.7. The highest BCUT2D eigenvalue weighted by Gasteiger charge is 2.25. The van der Waals surface area contributed by atoms with E-state index in [9.17, 15) is 4.79 Å². The maximum atomic E-state index is 11.7. The normalized spacial score (nSPS) is 14.8. The van der Waals surface area contributed by atoms with E-state index in [1.807, 2.05) is 13.0 Å². The molecule has 0 bridgehead atoms. The van der Waals surface area contributed by atoms with E-state index in [2.05, 4.69) is 28.5 Å². The number of aryl methyl sites for hydroxylation is 1. The van der Waals surface area contributed by atoms with Crippen LogP contribution in [0.4, 0.5) is 5.82 Å². The van der Waals surface area contributed by atoms with Gasteiger partial charge in [0.25, 0.3) is 0 Å². The van der Waals surface area contributed by atoms with Crippen molar-refractivity contribution in [2.75, 3.05) is 25.1 Å². The van der Waals surface area contributed by atoms with Crippen LogP contribution in [0.3, 0.4) is 0 Å². The van der Waals surface area contributed by atoms with Crippen molar-refractivity contribution < 1.29 is 14.3 Å². The molecule has 6 heteroatoms. The number of nitrogens with one attached hydrogen (secondary N) is 1. The van der Waals surface area contributed by atoms with Crippen molar-refractivity contribution >= 4 is 11.8 Å². The summed E-state index contributed by atoms with van der Waals surface area (Å²) in [5.41, 5.74) is 3.07. The van der Waals surface area contributed by atoms with E-state index in [0.717, 1.165) is 37.4 Å². The first-order valence-electron chi connectivity index (χ1n) is 9.71. The number of ether oxygens (including phenoxy) is 2. The number of anilines is 1. The molecule has 1 aromatic heterocycles. The van der Waals surface area contributed by atoms with Gasteiger partial charge in [0.05, 0.1) is 25.2 Å². The third-order valence-electron chi connectivity index (χ3n) is 4.82. The summed E-state index contributed by atoms with van der Waals surface area (Å²) < 4.78 is 10.9. The third kappa shape index (κ3) is 5.23. The average Bonchev–Trinajstić information content (AvgIpc) is 3.10. The molecule has 1 aliphatic carbocycles. The Hall–Kier alpha value is -3.07. The second-order valence-corrected chi connectivity index (χ2v) is 6.78. The van der Waals surface area contributed by atoms with Gasteiger partial charge < -0.3 is 14.8 Å². The first-order chi connectivity index (χ1) is 13.7. The monoisotopic (exact) mass is 379 g/mol. The molecule has 0 saturated carbocycles. The Kier molecular flexibility index (Phi) is 6.85. The quantitative estimate of drug-likeness (QED) is 0.527. The van der Waals surface area contributed by atoms with Crippen LogP contribution in [0.15, 0.2) is 36.5 Å². The van der Waals surface area contributed by atoms with Crippen LogP contribution in [0.5, 0.6) is 5.75 Å². The van der Waals surface area contributed by atoms with Gasteiger partial charge >= 0.3 is 5.97 Å². The molecule has 1 atom stereocenters. The zero-order valence-electron chi connectivity index (χ0n) is 16.1. The van der Waals surface area contributed by atoms with E-state index in [0.29, 0.717) is 25.2 Å². The largest absolute Gasteiger partial charge is 0.494 e. The van der Waals surface area contributed by atoms with Crippen LogP contribution in [0, 0.1) is 11.3 Å². The number of rotatable bonds is 9. The molecule has 0 radical (unpaired) electrons. The summed E-state index contributed by atoms with van der Waals surface area (Å²) in [7, 11) is 0. The maximum Gasteiger partial charge on any atom is 0.306 e.